The predicted molar refractivity (Wildman–Crippen MR) is 79.7 cm³/mol. The van der Waals surface area contributed by atoms with Crippen LogP contribution < -0.4 is 5.73 Å². The van der Waals surface area contributed by atoms with Gasteiger partial charge in [-0.3, -0.25) is 0 Å². The molecule has 2 N–H and O–H groups in total. The molecule has 0 saturated heterocycles. The minimum atomic E-state index is 0.121. The second kappa shape index (κ2) is 15.5. The third kappa shape index (κ3) is 11.7. The summed E-state index contributed by atoms with van der Waals surface area (Å²) in [4.78, 5) is 1.26. The van der Waals surface area contributed by atoms with Crippen molar-refractivity contribution in [2.45, 2.75) is 38.6 Å². The lowest BCUT2D eigenvalue weighted by Gasteiger charge is -2.09. The highest BCUT2D eigenvalue weighted by molar-refractivity contribution is 7.99. The zero-order valence-corrected chi connectivity index (χ0v) is 12.6. The molecular weight excluding hydrogens is 230 g/mol. The first-order valence-corrected chi connectivity index (χ1v) is 7.24. The van der Waals surface area contributed by atoms with Crippen molar-refractivity contribution >= 4 is 11.8 Å². The molecule has 0 amide bonds. The number of ether oxygens (including phenoxy) is 1. The van der Waals surface area contributed by atoms with Crippen LogP contribution in [0.2, 0.25) is 0 Å². The van der Waals surface area contributed by atoms with Gasteiger partial charge < -0.3 is 10.5 Å². The first-order valence-electron chi connectivity index (χ1n) is 6.25. The Bertz CT molecular complexity index is 229. The molecule has 0 heterocycles. The molecule has 0 bridgehead atoms. The van der Waals surface area contributed by atoms with Crippen LogP contribution in [0, 0.1) is 0 Å². The summed E-state index contributed by atoms with van der Waals surface area (Å²) in [6.07, 6.45) is 0. The van der Waals surface area contributed by atoms with E-state index in [9.17, 15) is 0 Å². The van der Waals surface area contributed by atoms with Gasteiger partial charge in [-0.15, -0.1) is 11.8 Å². The Morgan fingerprint density at radius 3 is 2.12 bits per heavy atom. The first kappa shape index (κ1) is 18.8. The molecule has 0 radical (unpaired) electrons. The van der Waals surface area contributed by atoms with E-state index in [1.165, 1.54) is 4.90 Å². The average Bonchev–Trinajstić information content (AvgIpc) is 2.43. The summed E-state index contributed by atoms with van der Waals surface area (Å²) >= 11 is 1.76. The molecule has 2 nitrogen and oxygen atoms in total. The van der Waals surface area contributed by atoms with Crippen LogP contribution in [0.15, 0.2) is 35.2 Å². The van der Waals surface area contributed by atoms with Crippen LogP contribution >= 0.6 is 11.8 Å². The lowest BCUT2D eigenvalue weighted by Crippen LogP contribution is -2.27. The Kier molecular flexibility index (Phi) is 17.2. The normalized spacial score (nSPS) is 10.5. The largest absolute Gasteiger partial charge is 0.383 e. The Balaban J connectivity index is 0. The van der Waals surface area contributed by atoms with Crippen molar-refractivity contribution in [2.75, 3.05) is 19.5 Å². The average molecular weight is 257 g/mol. The van der Waals surface area contributed by atoms with E-state index in [4.69, 9.17) is 10.5 Å². The van der Waals surface area contributed by atoms with Gasteiger partial charge in [0.1, 0.15) is 0 Å². The van der Waals surface area contributed by atoms with Crippen LogP contribution in [0.5, 0.6) is 0 Å². The number of rotatable bonds is 5. The Morgan fingerprint density at radius 2 is 1.65 bits per heavy atom. The van der Waals surface area contributed by atoms with Crippen molar-refractivity contribution in [1.29, 1.82) is 0 Å². The van der Waals surface area contributed by atoms with Gasteiger partial charge in [-0.25, -0.2) is 0 Å². The molecule has 1 unspecified atom stereocenters. The molecule has 1 rings (SSSR count). The van der Waals surface area contributed by atoms with E-state index in [1.807, 2.05) is 45.9 Å². The second-order valence-corrected chi connectivity index (χ2v) is 3.93. The lowest BCUT2D eigenvalue weighted by atomic mass is 10.4. The summed E-state index contributed by atoms with van der Waals surface area (Å²) in [5, 5.41) is 0. The van der Waals surface area contributed by atoms with Crippen LogP contribution in [0.25, 0.3) is 0 Å². The molecule has 0 aliphatic heterocycles. The molecule has 0 aromatic heterocycles. The molecule has 0 saturated carbocycles. The highest BCUT2D eigenvalue weighted by atomic mass is 32.2. The predicted octanol–water partition coefficient (Wildman–Crippen LogP) is 3.80. The molecule has 1 atom stereocenters. The molecule has 17 heavy (non-hydrogen) atoms. The standard InChI is InChI=1S/C10H15NOS.2C2H6/c1-12-7-9(11)8-13-10-5-3-2-4-6-10;2*1-2/h2-6,9H,7-8,11H2,1H3;2*1-2H3. The van der Waals surface area contributed by atoms with Gasteiger partial charge in [-0.1, -0.05) is 45.9 Å². The highest BCUT2D eigenvalue weighted by Crippen LogP contribution is 2.17. The molecule has 1 aromatic rings. The summed E-state index contributed by atoms with van der Waals surface area (Å²) in [6.45, 7) is 8.62. The van der Waals surface area contributed by atoms with E-state index in [2.05, 4.69) is 12.1 Å². The first-order chi connectivity index (χ1) is 8.33. The fourth-order valence-corrected chi connectivity index (χ4v) is 1.83. The van der Waals surface area contributed by atoms with E-state index in [0.717, 1.165) is 5.75 Å². The van der Waals surface area contributed by atoms with Gasteiger partial charge in [0.25, 0.3) is 0 Å². The maximum atomic E-state index is 5.79. The molecular formula is C14H27NOS. The lowest BCUT2D eigenvalue weighted by molar-refractivity contribution is 0.186. The van der Waals surface area contributed by atoms with Gasteiger partial charge in [-0.2, -0.15) is 0 Å². The van der Waals surface area contributed by atoms with E-state index in [0.29, 0.717) is 6.61 Å². The maximum absolute atomic E-state index is 5.79. The van der Waals surface area contributed by atoms with Crippen LogP contribution in [-0.2, 0) is 4.74 Å². The van der Waals surface area contributed by atoms with Crippen molar-refractivity contribution in [3.05, 3.63) is 30.3 Å². The smallest absolute Gasteiger partial charge is 0.0621 e. The van der Waals surface area contributed by atoms with Gasteiger partial charge in [-0.05, 0) is 12.1 Å². The molecule has 0 aliphatic carbocycles. The molecule has 3 heteroatoms. The number of nitrogens with two attached hydrogens (primary N) is 1. The Labute approximate surface area is 111 Å². The van der Waals surface area contributed by atoms with Crippen molar-refractivity contribution < 1.29 is 4.74 Å². The van der Waals surface area contributed by atoms with Crippen molar-refractivity contribution in [3.8, 4) is 0 Å². The van der Waals surface area contributed by atoms with Gasteiger partial charge in [0.05, 0.1) is 6.61 Å². The summed E-state index contributed by atoms with van der Waals surface area (Å²) < 4.78 is 4.95. The second-order valence-electron chi connectivity index (χ2n) is 2.84. The maximum Gasteiger partial charge on any atom is 0.0621 e. The molecule has 0 spiro atoms. The number of thioether (sulfide) groups is 1. The fraction of sp³-hybridized carbons (Fsp3) is 0.571. The monoisotopic (exact) mass is 257 g/mol. The van der Waals surface area contributed by atoms with Gasteiger partial charge in [0.2, 0.25) is 0 Å². The van der Waals surface area contributed by atoms with Gasteiger partial charge in [0, 0.05) is 23.8 Å². The topological polar surface area (TPSA) is 35.2 Å². The van der Waals surface area contributed by atoms with Crippen LogP contribution in [-0.4, -0.2) is 25.5 Å². The third-order valence-corrected chi connectivity index (χ3v) is 2.79. The van der Waals surface area contributed by atoms with Gasteiger partial charge >= 0.3 is 0 Å². The minimum absolute atomic E-state index is 0.121. The zero-order chi connectivity index (χ0) is 13.5. The Hall–Kier alpha value is -0.510. The summed E-state index contributed by atoms with van der Waals surface area (Å²) in [5.74, 6) is 0.901. The van der Waals surface area contributed by atoms with E-state index in [1.54, 1.807) is 18.9 Å². The fourth-order valence-electron chi connectivity index (χ4n) is 0.982. The Morgan fingerprint density at radius 1 is 1.12 bits per heavy atom. The number of methoxy groups -OCH3 is 1. The summed E-state index contributed by atoms with van der Waals surface area (Å²) in [7, 11) is 1.67. The third-order valence-electron chi connectivity index (χ3n) is 1.59. The molecule has 0 fully saturated rings. The molecule has 1 aromatic carbocycles. The molecule has 0 aliphatic rings. The number of benzene rings is 1. The van der Waals surface area contributed by atoms with Gasteiger partial charge in [0.15, 0.2) is 0 Å². The highest BCUT2D eigenvalue weighted by Gasteiger charge is 2.01. The van der Waals surface area contributed by atoms with Crippen LogP contribution in [0.4, 0.5) is 0 Å². The van der Waals surface area contributed by atoms with Crippen LogP contribution in [0.1, 0.15) is 27.7 Å². The van der Waals surface area contributed by atoms with E-state index >= 15 is 0 Å². The summed E-state index contributed by atoms with van der Waals surface area (Å²) in [6, 6.07) is 10.4. The number of hydrogen-bond acceptors (Lipinski definition) is 3. The van der Waals surface area contributed by atoms with E-state index < -0.39 is 0 Å². The van der Waals surface area contributed by atoms with Crippen molar-refractivity contribution in [3.63, 3.8) is 0 Å². The summed E-state index contributed by atoms with van der Waals surface area (Å²) in [5.41, 5.74) is 5.79. The zero-order valence-electron chi connectivity index (χ0n) is 11.8. The SMILES string of the molecule is CC.CC.COCC(N)CSc1ccccc1. The number of hydrogen-bond donors (Lipinski definition) is 1. The van der Waals surface area contributed by atoms with Crippen molar-refractivity contribution in [2.24, 2.45) is 5.73 Å². The quantitative estimate of drug-likeness (QED) is 0.815. The van der Waals surface area contributed by atoms with Crippen molar-refractivity contribution in [1.82, 2.24) is 0 Å². The molecule has 100 valence electrons. The van der Waals surface area contributed by atoms with Crippen LogP contribution in [0.3, 0.4) is 0 Å². The minimum Gasteiger partial charge on any atom is -0.383 e. The van der Waals surface area contributed by atoms with E-state index in [-0.39, 0.29) is 6.04 Å².